The van der Waals surface area contributed by atoms with Crippen molar-refractivity contribution < 1.29 is 19.1 Å². The van der Waals surface area contributed by atoms with Crippen LogP contribution >= 0.6 is 0 Å². The van der Waals surface area contributed by atoms with Crippen molar-refractivity contribution in [1.82, 2.24) is 9.80 Å². The molecule has 1 N–H and O–H groups in total. The molecule has 1 aromatic heterocycles. The van der Waals surface area contributed by atoms with Crippen molar-refractivity contribution in [1.29, 1.82) is 0 Å². The predicted octanol–water partition coefficient (Wildman–Crippen LogP) is 5.37. The smallest absolute Gasteiger partial charge is 0.246 e. The molecule has 1 saturated heterocycles. The van der Waals surface area contributed by atoms with Crippen molar-refractivity contribution in [2.24, 2.45) is 5.92 Å². The van der Waals surface area contributed by atoms with Crippen molar-refractivity contribution in [2.75, 3.05) is 20.1 Å². The fraction of sp³-hybridized carbons (Fsp3) is 0.424. The van der Waals surface area contributed by atoms with Gasteiger partial charge in [0, 0.05) is 42.3 Å². The number of ether oxygens (including phenoxy) is 1. The van der Waals surface area contributed by atoms with Gasteiger partial charge in [-0.25, -0.2) is 0 Å². The Morgan fingerprint density at radius 3 is 2.85 bits per heavy atom. The second kappa shape index (κ2) is 9.30. The molecular formula is C33H36N2O4. The minimum Gasteiger partial charge on any atom is -0.504 e. The lowest BCUT2D eigenvalue weighted by Crippen LogP contribution is -2.69. The summed E-state index contributed by atoms with van der Waals surface area (Å²) >= 11 is 0. The summed E-state index contributed by atoms with van der Waals surface area (Å²) in [6, 6.07) is 16.9. The topological polar surface area (TPSA) is 66.2 Å². The zero-order valence-electron chi connectivity index (χ0n) is 22.6. The molecule has 6 heteroatoms. The number of carbonyl (C=O) groups is 1. The third-order valence-electron chi connectivity index (χ3n) is 10.1. The van der Waals surface area contributed by atoms with Crippen LogP contribution in [0.4, 0.5) is 0 Å². The number of hydrogen-bond acceptors (Lipinski definition) is 5. The van der Waals surface area contributed by atoms with Gasteiger partial charge in [0.1, 0.15) is 6.10 Å². The lowest BCUT2D eigenvalue weighted by Gasteiger charge is -2.60. The maximum atomic E-state index is 13.3. The van der Waals surface area contributed by atoms with Gasteiger partial charge < -0.3 is 19.2 Å². The summed E-state index contributed by atoms with van der Waals surface area (Å²) in [5, 5.41) is 10.9. The zero-order valence-corrected chi connectivity index (χ0v) is 22.6. The van der Waals surface area contributed by atoms with Crippen molar-refractivity contribution in [2.45, 2.75) is 62.1 Å². The molecule has 202 valence electrons. The Balaban J connectivity index is 1.21. The molecule has 1 saturated carbocycles. The van der Waals surface area contributed by atoms with Gasteiger partial charge in [0.25, 0.3) is 0 Å². The van der Waals surface area contributed by atoms with Crippen LogP contribution in [0.25, 0.3) is 6.08 Å². The molecule has 3 aromatic rings. The molecule has 3 heterocycles. The summed E-state index contributed by atoms with van der Waals surface area (Å²) in [5.74, 6) is 1.74. The fourth-order valence-corrected chi connectivity index (χ4v) is 8.28. The fourth-order valence-electron chi connectivity index (χ4n) is 8.28. The Kier molecular flexibility index (Phi) is 5.85. The molecule has 39 heavy (non-hydrogen) atoms. The van der Waals surface area contributed by atoms with Gasteiger partial charge in [-0.2, -0.15) is 0 Å². The summed E-state index contributed by atoms with van der Waals surface area (Å²) in [7, 11) is 1.90. The number of carbonyl (C=O) groups excluding carboxylic acids is 1. The van der Waals surface area contributed by atoms with Gasteiger partial charge in [-0.3, -0.25) is 9.69 Å². The van der Waals surface area contributed by atoms with Crippen molar-refractivity contribution in [3.05, 3.63) is 89.4 Å². The molecule has 6 nitrogen and oxygen atoms in total. The standard InChI is InChI=1S/C33H36N2O4/c1-21(23-6-4-3-5-7-23)19-35-16-15-33-25-10-11-26(34(2)29(37)13-8-22-14-17-38-20-22)32(33)39-31-28(36)12-9-24(30(31)33)18-27(25)35/h3-9,12-14,17,20-21,25-27,32,36H,10-11,15-16,18-19H2,1-2H3/t21?,25-,26-,27+,32-,33-/m0/s1. The molecule has 7 rings (SSSR count). The minimum atomic E-state index is -0.176. The Hall–Kier alpha value is -3.51. The molecule has 1 unspecified atom stereocenters. The number of furan rings is 1. The molecule has 2 aliphatic carbocycles. The van der Waals surface area contributed by atoms with Crippen LogP contribution in [0.5, 0.6) is 11.5 Å². The first-order valence-corrected chi connectivity index (χ1v) is 14.3. The highest BCUT2D eigenvalue weighted by Crippen LogP contribution is 2.64. The minimum absolute atomic E-state index is 0.0402. The number of hydrogen-bond donors (Lipinski definition) is 1. The van der Waals surface area contributed by atoms with E-state index in [0.29, 0.717) is 23.6 Å². The normalized spacial score (nSPS) is 29.6. The van der Waals surface area contributed by atoms with E-state index in [2.05, 4.69) is 48.2 Å². The molecule has 2 aliphatic heterocycles. The van der Waals surface area contributed by atoms with Crippen LogP contribution in [0.1, 0.15) is 54.4 Å². The van der Waals surface area contributed by atoms with E-state index in [-0.39, 0.29) is 29.2 Å². The highest BCUT2D eigenvalue weighted by atomic mass is 16.5. The molecule has 6 atom stereocenters. The largest absolute Gasteiger partial charge is 0.504 e. The Morgan fingerprint density at radius 1 is 1.21 bits per heavy atom. The van der Waals surface area contributed by atoms with Gasteiger partial charge in [0.2, 0.25) is 5.91 Å². The number of aromatic hydroxyl groups is 1. The van der Waals surface area contributed by atoms with Crippen LogP contribution in [0.2, 0.25) is 0 Å². The Morgan fingerprint density at radius 2 is 2.05 bits per heavy atom. The quantitative estimate of drug-likeness (QED) is 0.440. The first kappa shape index (κ1) is 24.5. The number of phenolic OH excluding ortho intramolecular Hbond substituents is 1. The lowest BCUT2D eigenvalue weighted by atomic mass is 9.51. The summed E-state index contributed by atoms with van der Waals surface area (Å²) in [4.78, 5) is 17.9. The lowest BCUT2D eigenvalue weighted by molar-refractivity contribution is -0.135. The van der Waals surface area contributed by atoms with Gasteiger partial charge in [-0.05, 0) is 73.4 Å². The Labute approximate surface area is 229 Å². The average Bonchev–Trinajstić information content (AvgIpc) is 3.60. The Bertz CT molecular complexity index is 1400. The first-order valence-electron chi connectivity index (χ1n) is 14.3. The molecule has 4 aliphatic rings. The highest BCUT2D eigenvalue weighted by Gasteiger charge is 2.66. The second-order valence-corrected chi connectivity index (χ2v) is 11.9. The van der Waals surface area contributed by atoms with E-state index in [4.69, 9.17) is 9.15 Å². The molecule has 0 radical (unpaired) electrons. The van der Waals surface area contributed by atoms with Gasteiger partial charge in [0.05, 0.1) is 18.6 Å². The number of rotatable bonds is 6. The van der Waals surface area contributed by atoms with E-state index in [1.807, 2.05) is 18.0 Å². The third kappa shape index (κ3) is 3.75. The average molecular weight is 525 g/mol. The van der Waals surface area contributed by atoms with E-state index in [9.17, 15) is 9.90 Å². The number of amides is 1. The van der Waals surface area contributed by atoms with Gasteiger partial charge >= 0.3 is 0 Å². The zero-order chi connectivity index (χ0) is 26.7. The highest BCUT2D eigenvalue weighted by molar-refractivity contribution is 5.91. The maximum absolute atomic E-state index is 13.3. The van der Waals surface area contributed by atoms with Crippen LogP contribution in [-0.4, -0.2) is 59.1 Å². The third-order valence-corrected chi connectivity index (χ3v) is 10.1. The first-order chi connectivity index (χ1) is 19.0. The molecular weight excluding hydrogens is 488 g/mol. The number of nitrogens with zero attached hydrogens (tertiary/aromatic N) is 2. The monoisotopic (exact) mass is 524 g/mol. The van der Waals surface area contributed by atoms with Crippen LogP contribution < -0.4 is 4.74 Å². The molecule has 2 bridgehead atoms. The molecule has 1 spiro atoms. The number of likely N-dealkylation sites (tertiary alicyclic amines) is 1. The van der Waals surface area contributed by atoms with E-state index >= 15 is 0 Å². The van der Waals surface area contributed by atoms with E-state index in [1.54, 1.807) is 30.7 Å². The van der Waals surface area contributed by atoms with Crippen LogP contribution in [0.15, 0.2) is 71.6 Å². The number of piperidine rings is 1. The summed E-state index contributed by atoms with van der Waals surface area (Å²) in [5.41, 5.74) is 4.60. The second-order valence-electron chi connectivity index (χ2n) is 11.9. The van der Waals surface area contributed by atoms with Gasteiger partial charge in [0.15, 0.2) is 11.5 Å². The van der Waals surface area contributed by atoms with Crippen LogP contribution in [0.3, 0.4) is 0 Å². The SMILES string of the molecule is CC(CN1CC[C@]23c4c5ccc(O)c4O[C@H]2[C@@H](N(C)C(=O)C=Cc2ccoc2)CC[C@H]3[C@H]1C5)c1ccccc1. The molecule has 2 aromatic carbocycles. The number of likely N-dealkylation sites (N-methyl/N-ethyl adjacent to an activating group) is 1. The molecule has 1 amide bonds. The van der Waals surface area contributed by atoms with Crippen LogP contribution in [0, 0.1) is 5.92 Å². The summed E-state index contributed by atoms with van der Waals surface area (Å²) in [6.45, 7) is 4.37. The van der Waals surface area contributed by atoms with E-state index < -0.39 is 0 Å². The maximum Gasteiger partial charge on any atom is 0.246 e. The summed E-state index contributed by atoms with van der Waals surface area (Å²) < 4.78 is 11.9. The van der Waals surface area contributed by atoms with Crippen molar-refractivity contribution >= 4 is 12.0 Å². The summed E-state index contributed by atoms with van der Waals surface area (Å²) in [6.07, 6.45) is 10.4. The van der Waals surface area contributed by atoms with E-state index in [1.165, 1.54) is 16.7 Å². The predicted molar refractivity (Wildman–Crippen MR) is 150 cm³/mol. The van der Waals surface area contributed by atoms with Gasteiger partial charge in [-0.1, -0.05) is 43.3 Å². The molecule has 2 fully saturated rings. The van der Waals surface area contributed by atoms with Crippen LogP contribution in [-0.2, 0) is 16.6 Å². The number of phenols is 1. The number of benzene rings is 2. The van der Waals surface area contributed by atoms with Gasteiger partial charge in [-0.15, -0.1) is 0 Å². The van der Waals surface area contributed by atoms with Crippen molar-refractivity contribution in [3.63, 3.8) is 0 Å². The van der Waals surface area contributed by atoms with Crippen molar-refractivity contribution in [3.8, 4) is 11.5 Å². The van der Waals surface area contributed by atoms with E-state index in [0.717, 1.165) is 44.3 Å².